The largest absolute Gasteiger partial charge is 1.00 e. The van der Waals surface area contributed by atoms with E-state index in [-0.39, 0.29) is 42.4 Å². The first-order valence-corrected chi connectivity index (χ1v) is 6.06. The molecule has 1 N–H and O–H groups in total. The van der Waals surface area contributed by atoms with Crippen LogP contribution in [0.25, 0.3) is 0 Å². The van der Waals surface area contributed by atoms with Crippen molar-refractivity contribution in [2.75, 3.05) is 6.61 Å². The number of carboxylic acid groups (broad SMARTS) is 1. The van der Waals surface area contributed by atoms with Gasteiger partial charge in [0.05, 0.1) is 12.7 Å². The zero-order valence-corrected chi connectivity index (χ0v) is 13.2. The standard InChI is InChI=1S/C11H14O5S.Na/c1-2-16-11(15)9-5-7(6-17-9)8(12)3-4-10(13)14;/h5-6,8,12H,2-4H2,1H3,(H,13,14);/q;+1/p-1. The minimum atomic E-state index is -1.20. The van der Waals surface area contributed by atoms with Crippen LogP contribution in [0, 0.1) is 0 Å². The smallest absolute Gasteiger partial charge is 0.550 e. The summed E-state index contributed by atoms with van der Waals surface area (Å²) < 4.78 is 4.80. The van der Waals surface area contributed by atoms with Crippen LogP contribution < -0.4 is 34.7 Å². The summed E-state index contributed by atoms with van der Waals surface area (Å²) in [6.07, 6.45) is -1.04. The first-order chi connectivity index (χ1) is 8.04. The molecule has 0 aliphatic heterocycles. The molecule has 1 aromatic heterocycles. The van der Waals surface area contributed by atoms with Gasteiger partial charge in [-0.05, 0) is 36.8 Å². The molecule has 1 heterocycles. The number of aliphatic carboxylic acids is 1. The van der Waals surface area contributed by atoms with E-state index in [9.17, 15) is 19.8 Å². The number of hydrogen-bond donors (Lipinski definition) is 1. The molecular weight excluding hydrogens is 267 g/mol. The fraction of sp³-hybridized carbons (Fsp3) is 0.455. The molecule has 0 spiro atoms. The van der Waals surface area contributed by atoms with Gasteiger partial charge in [-0.3, -0.25) is 0 Å². The summed E-state index contributed by atoms with van der Waals surface area (Å²) >= 11 is 1.16. The Bertz CT molecular complexity index is 404. The molecular formula is C11H13NaO5S. The van der Waals surface area contributed by atoms with E-state index >= 15 is 0 Å². The number of aliphatic hydroxyl groups excluding tert-OH is 1. The van der Waals surface area contributed by atoms with Crippen molar-refractivity contribution >= 4 is 23.3 Å². The summed E-state index contributed by atoms with van der Waals surface area (Å²) in [6, 6.07) is 1.52. The van der Waals surface area contributed by atoms with Crippen LogP contribution in [0.1, 0.15) is 41.1 Å². The van der Waals surface area contributed by atoms with Gasteiger partial charge in [0, 0.05) is 5.97 Å². The molecule has 1 unspecified atom stereocenters. The zero-order valence-electron chi connectivity index (χ0n) is 10.3. The fourth-order valence-electron chi connectivity index (χ4n) is 1.26. The average molecular weight is 280 g/mol. The van der Waals surface area contributed by atoms with Crippen molar-refractivity contribution in [2.45, 2.75) is 25.9 Å². The van der Waals surface area contributed by atoms with Gasteiger partial charge in [-0.25, -0.2) is 4.79 Å². The minimum Gasteiger partial charge on any atom is -0.550 e. The van der Waals surface area contributed by atoms with Crippen LogP contribution in [0.15, 0.2) is 11.4 Å². The molecule has 0 amide bonds. The molecule has 0 bridgehead atoms. The minimum absolute atomic E-state index is 0. The van der Waals surface area contributed by atoms with Crippen molar-refractivity contribution in [1.29, 1.82) is 0 Å². The SMILES string of the molecule is CCOC(=O)c1cc(C(O)CCC(=O)[O-])cs1.[Na+]. The Balaban J connectivity index is 0.00000289. The normalized spacial score (nSPS) is 11.4. The van der Waals surface area contributed by atoms with E-state index in [0.717, 1.165) is 11.3 Å². The second-order valence-corrected chi connectivity index (χ2v) is 4.30. The van der Waals surface area contributed by atoms with Crippen LogP contribution in [0.3, 0.4) is 0 Å². The Morgan fingerprint density at radius 2 is 2.22 bits per heavy atom. The predicted molar refractivity (Wildman–Crippen MR) is 59.5 cm³/mol. The third kappa shape index (κ3) is 5.49. The van der Waals surface area contributed by atoms with Crippen LogP contribution in [0.2, 0.25) is 0 Å². The first kappa shape index (κ1) is 17.6. The number of carbonyl (C=O) groups excluding carboxylic acids is 2. The molecule has 0 radical (unpaired) electrons. The van der Waals surface area contributed by atoms with Gasteiger partial charge in [0.1, 0.15) is 4.88 Å². The molecule has 1 rings (SSSR count). The molecule has 0 aliphatic carbocycles. The molecule has 0 fully saturated rings. The van der Waals surface area contributed by atoms with E-state index < -0.39 is 18.0 Å². The summed E-state index contributed by atoms with van der Waals surface area (Å²) in [5.41, 5.74) is 0.527. The molecule has 18 heavy (non-hydrogen) atoms. The van der Waals surface area contributed by atoms with Crippen LogP contribution in [0.4, 0.5) is 0 Å². The van der Waals surface area contributed by atoms with Crippen LogP contribution in [-0.4, -0.2) is 23.7 Å². The Morgan fingerprint density at radius 1 is 1.56 bits per heavy atom. The summed E-state index contributed by atoms with van der Waals surface area (Å²) in [5.74, 6) is -1.64. The number of thiophene rings is 1. The number of rotatable bonds is 6. The van der Waals surface area contributed by atoms with E-state index in [4.69, 9.17) is 4.74 Å². The van der Waals surface area contributed by atoms with Gasteiger partial charge in [0.2, 0.25) is 0 Å². The van der Waals surface area contributed by atoms with E-state index in [1.54, 1.807) is 12.3 Å². The number of carbonyl (C=O) groups is 2. The number of carboxylic acids is 1. The fourth-order valence-corrected chi connectivity index (χ4v) is 2.10. The topological polar surface area (TPSA) is 86.7 Å². The van der Waals surface area contributed by atoms with E-state index in [1.807, 2.05) is 0 Å². The van der Waals surface area contributed by atoms with Gasteiger partial charge in [-0.1, -0.05) is 0 Å². The van der Waals surface area contributed by atoms with Crippen molar-refractivity contribution in [2.24, 2.45) is 0 Å². The van der Waals surface area contributed by atoms with Crippen LogP contribution >= 0.6 is 11.3 Å². The summed E-state index contributed by atoms with van der Waals surface area (Å²) in [7, 11) is 0. The van der Waals surface area contributed by atoms with E-state index in [0.29, 0.717) is 17.0 Å². The molecule has 94 valence electrons. The molecule has 0 aromatic carbocycles. The quantitative estimate of drug-likeness (QED) is 0.459. The molecule has 1 aromatic rings. The molecule has 1 atom stereocenters. The van der Waals surface area contributed by atoms with Crippen molar-refractivity contribution in [3.63, 3.8) is 0 Å². The Morgan fingerprint density at radius 3 is 2.78 bits per heavy atom. The van der Waals surface area contributed by atoms with Crippen molar-refractivity contribution in [3.05, 3.63) is 21.9 Å². The summed E-state index contributed by atoms with van der Waals surface area (Å²) in [4.78, 5) is 22.0. The van der Waals surface area contributed by atoms with Crippen molar-refractivity contribution in [1.82, 2.24) is 0 Å². The van der Waals surface area contributed by atoms with Gasteiger partial charge in [0.25, 0.3) is 0 Å². The number of hydrogen-bond acceptors (Lipinski definition) is 6. The molecule has 7 heteroatoms. The van der Waals surface area contributed by atoms with Crippen molar-refractivity contribution < 1.29 is 54.1 Å². The Labute approximate surface area is 131 Å². The number of aliphatic hydroxyl groups is 1. The molecule has 0 aliphatic rings. The van der Waals surface area contributed by atoms with Gasteiger partial charge >= 0.3 is 35.5 Å². The third-order valence-electron chi connectivity index (χ3n) is 2.10. The van der Waals surface area contributed by atoms with Crippen LogP contribution in [-0.2, 0) is 9.53 Å². The molecule has 0 saturated heterocycles. The maximum atomic E-state index is 11.3. The van der Waals surface area contributed by atoms with Gasteiger partial charge in [-0.15, -0.1) is 11.3 Å². The Hall–Kier alpha value is -0.400. The van der Waals surface area contributed by atoms with E-state index in [1.165, 1.54) is 6.07 Å². The van der Waals surface area contributed by atoms with Crippen LogP contribution in [0.5, 0.6) is 0 Å². The maximum Gasteiger partial charge on any atom is 1.00 e. The monoisotopic (exact) mass is 280 g/mol. The van der Waals surface area contributed by atoms with Gasteiger partial charge in [-0.2, -0.15) is 0 Å². The van der Waals surface area contributed by atoms with E-state index in [2.05, 4.69) is 0 Å². The number of ether oxygens (including phenoxy) is 1. The second-order valence-electron chi connectivity index (χ2n) is 3.39. The zero-order chi connectivity index (χ0) is 12.8. The average Bonchev–Trinajstić information content (AvgIpc) is 2.75. The first-order valence-electron chi connectivity index (χ1n) is 5.18. The van der Waals surface area contributed by atoms with Gasteiger partial charge < -0.3 is 19.7 Å². The summed E-state index contributed by atoms with van der Waals surface area (Å²) in [5, 5.41) is 21.5. The summed E-state index contributed by atoms with van der Waals surface area (Å²) in [6.45, 7) is 2.00. The second kappa shape index (κ2) is 8.66. The number of esters is 1. The van der Waals surface area contributed by atoms with Crippen molar-refractivity contribution in [3.8, 4) is 0 Å². The maximum absolute atomic E-state index is 11.3. The predicted octanol–water partition coefficient (Wildman–Crippen LogP) is -2.51. The third-order valence-corrected chi connectivity index (χ3v) is 3.03. The molecule has 5 nitrogen and oxygen atoms in total. The Kier molecular flexibility index (Phi) is 8.47. The molecule has 0 saturated carbocycles. The van der Waals surface area contributed by atoms with Gasteiger partial charge in [0.15, 0.2) is 0 Å².